The van der Waals surface area contributed by atoms with Crippen LogP contribution in [0.15, 0.2) is 51.7 Å². The molecule has 0 fully saturated rings. The molecule has 0 aliphatic heterocycles. The highest BCUT2D eigenvalue weighted by atomic mass is 16.3. The molecule has 3 rings (SSSR count). The van der Waals surface area contributed by atoms with E-state index in [1.807, 2.05) is 12.1 Å². The molecule has 0 radical (unpaired) electrons. The number of aromatic nitrogens is 2. The fourth-order valence-electron chi connectivity index (χ4n) is 2.04. The number of carbonyl (C=O) groups is 1. The van der Waals surface area contributed by atoms with E-state index < -0.39 is 0 Å². The lowest BCUT2D eigenvalue weighted by Gasteiger charge is -2.08. The van der Waals surface area contributed by atoms with Crippen molar-refractivity contribution in [3.63, 3.8) is 0 Å². The van der Waals surface area contributed by atoms with Gasteiger partial charge in [0.05, 0.1) is 25.6 Å². The Balaban J connectivity index is 1.65. The van der Waals surface area contributed by atoms with E-state index in [0.717, 1.165) is 5.76 Å². The summed E-state index contributed by atoms with van der Waals surface area (Å²) in [6.07, 6.45) is 3.17. The molecule has 0 atom stereocenters. The van der Waals surface area contributed by atoms with Gasteiger partial charge in [0.2, 0.25) is 0 Å². The van der Waals surface area contributed by atoms with Gasteiger partial charge < -0.3 is 19.5 Å². The summed E-state index contributed by atoms with van der Waals surface area (Å²) < 4.78 is 10.4. The number of amides is 1. The van der Waals surface area contributed by atoms with Crippen molar-refractivity contribution >= 4 is 11.7 Å². The van der Waals surface area contributed by atoms with Crippen LogP contribution in [0.1, 0.15) is 27.8 Å². The maximum absolute atomic E-state index is 12.2. The molecule has 118 valence electrons. The Hall–Kier alpha value is -3.09. The van der Waals surface area contributed by atoms with Crippen molar-refractivity contribution in [2.45, 2.75) is 20.0 Å². The van der Waals surface area contributed by atoms with Crippen LogP contribution < -0.4 is 10.6 Å². The summed E-state index contributed by atoms with van der Waals surface area (Å²) in [5.41, 5.74) is 0.297. The monoisotopic (exact) mass is 312 g/mol. The Morgan fingerprint density at radius 1 is 1.09 bits per heavy atom. The summed E-state index contributed by atoms with van der Waals surface area (Å²) in [4.78, 5) is 20.6. The largest absolute Gasteiger partial charge is 0.467 e. The standard InChI is InChI=1S/C16H16N4O3/c1-11-19-14(16(21)18-10-13-5-3-7-23-13)8-15(20-11)17-9-12-4-2-6-22-12/h2-8H,9-10H2,1H3,(H,18,21)(H,17,19,20). The number of carbonyl (C=O) groups excluding carboxylic acids is 1. The summed E-state index contributed by atoms with van der Waals surface area (Å²) in [6, 6.07) is 8.84. The minimum atomic E-state index is -0.284. The third-order valence-electron chi connectivity index (χ3n) is 3.10. The zero-order valence-electron chi connectivity index (χ0n) is 12.6. The molecule has 0 aromatic carbocycles. The van der Waals surface area contributed by atoms with Crippen molar-refractivity contribution in [2.24, 2.45) is 0 Å². The molecule has 2 N–H and O–H groups in total. The normalized spacial score (nSPS) is 10.5. The molecule has 3 aromatic heterocycles. The Bertz CT molecular complexity index is 767. The minimum absolute atomic E-state index is 0.284. The summed E-state index contributed by atoms with van der Waals surface area (Å²) in [5, 5.41) is 5.87. The second kappa shape index (κ2) is 6.78. The third-order valence-corrected chi connectivity index (χ3v) is 3.10. The van der Waals surface area contributed by atoms with Gasteiger partial charge in [-0.2, -0.15) is 0 Å². The Labute approximate surface area is 132 Å². The number of rotatable bonds is 6. The second-order valence-electron chi connectivity index (χ2n) is 4.88. The van der Waals surface area contributed by atoms with Gasteiger partial charge in [-0.25, -0.2) is 9.97 Å². The Kier molecular flexibility index (Phi) is 4.37. The average molecular weight is 312 g/mol. The topological polar surface area (TPSA) is 93.2 Å². The minimum Gasteiger partial charge on any atom is -0.467 e. The maximum atomic E-state index is 12.2. The van der Waals surface area contributed by atoms with Crippen molar-refractivity contribution in [1.29, 1.82) is 0 Å². The van der Waals surface area contributed by atoms with Crippen LogP contribution in [0, 0.1) is 6.92 Å². The van der Waals surface area contributed by atoms with Gasteiger partial charge in [0.25, 0.3) is 5.91 Å². The zero-order valence-corrected chi connectivity index (χ0v) is 12.6. The van der Waals surface area contributed by atoms with Gasteiger partial charge in [0, 0.05) is 6.07 Å². The number of nitrogens with zero attached hydrogens (tertiary/aromatic N) is 2. The van der Waals surface area contributed by atoms with Gasteiger partial charge in [-0.05, 0) is 31.2 Å². The van der Waals surface area contributed by atoms with Gasteiger partial charge in [0.15, 0.2) is 0 Å². The highest BCUT2D eigenvalue weighted by molar-refractivity contribution is 5.92. The number of furan rings is 2. The molecule has 0 saturated carbocycles. The van der Waals surface area contributed by atoms with E-state index in [9.17, 15) is 4.79 Å². The van der Waals surface area contributed by atoms with Crippen LogP contribution in [-0.4, -0.2) is 15.9 Å². The predicted octanol–water partition coefficient (Wildman–Crippen LogP) is 2.51. The van der Waals surface area contributed by atoms with Crippen LogP contribution in [0.5, 0.6) is 0 Å². The van der Waals surface area contributed by atoms with Crippen LogP contribution in [0.4, 0.5) is 5.82 Å². The van der Waals surface area contributed by atoms with E-state index in [2.05, 4.69) is 20.6 Å². The molecule has 0 aliphatic carbocycles. The zero-order chi connectivity index (χ0) is 16.1. The molecule has 7 nitrogen and oxygen atoms in total. The highest BCUT2D eigenvalue weighted by Gasteiger charge is 2.11. The molecule has 3 heterocycles. The van der Waals surface area contributed by atoms with Gasteiger partial charge in [0.1, 0.15) is 28.9 Å². The highest BCUT2D eigenvalue weighted by Crippen LogP contribution is 2.10. The first-order valence-electron chi connectivity index (χ1n) is 7.13. The molecular formula is C16H16N4O3. The molecule has 1 amide bonds. The Morgan fingerprint density at radius 2 is 1.78 bits per heavy atom. The maximum Gasteiger partial charge on any atom is 0.270 e. The van der Waals surface area contributed by atoms with Crippen LogP contribution in [-0.2, 0) is 13.1 Å². The van der Waals surface area contributed by atoms with Gasteiger partial charge in [-0.3, -0.25) is 4.79 Å². The van der Waals surface area contributed by atoms with Crippen molar-refractivity contribution in [3.8, 4) is 0 Å². The SMILES string of the molecule is Cc1nc(NCc2ccco2)cc(C(=O)NCc2ccco2)n1. The van der Waals surface area contributed by atoms with Crippen molar-refractivity contribution in [1.82, 2.24) is 15.3 Å². The number of hydrogen-bond acceptors (Lipinski definition) is 6. The number of aryl methyl sites for hydroxylation is 1. The first-order valence-corrected chi connectivity index (χ1v) is 7.13. The fourth-order valence-corrected chi connectivity index (χ4v) is 2.04. The van der Waals surface area contributed by atoms with Crippen molar-refractivity contribution in [3.05, 3.63) is 65.9 Å². The summed E-state index contributed by atoms with van der Waals surface area (Å²) in [5.74, 6) is 2.26. The molecule has 3 aromatic rings. The lowest BCUT2D eigenvalue weighted by Crippen LogP contribution is -2.24. The third kappa shape index (κ3) is 3.97. The molecular weight excluding hydrogens is 296 g/mol. The molecule has 0 saturated heterocycles. The first kappa shape index (κ1) is 14.8. The first-order chi connectivity index (χ1) is 11.2. The summed E-state index contributed by atoms with van der Waals surface area (Å²) in [7, 11) is 0. The summed E-state index contributed by atoms with van der Waals surface area (Å²) >= 11 is 0. The quantitative estimate of drug-likeness (QED) is 0.726. The van der Waals surface area contributed by atoms with E-state index in [-0.39, 0.29) is 5.91 Å². The number of anilines is 1. The fraction of sp³-hybridized carbons (Fsp3) is 0.188. The molecule has 0 aliphatic rings. The smallest absolute Gasteiger partial charge is 0.270 e. The van der Waals surface area contributed by atoms with Crippen molar-refractivity contribution < 1.29 is 13.6 Å². The van der Waals surface area contributed by atoms with Gasteiger partial charge >= 0.3 is 0 Å². The van der Waals surface area contributed by atoms with Crippen LogP contribution in [0.3, 0.4) is 0 Å². The molecule has 7 heteroatoms. The molecule has 23 heavy (non-hydrogen) atoms. The van der Waals surface area contributed by atoms with Gasteiger partial charge in [-0.15, -0.1) is 0 Å². The number of hydrogen-bond donors (Lipinski definition) is 2. The van der Waals surface area contributed by atoms with Gasteiger partial charge in [-0.1, -0.05) is 0 Å². The molecule has 0 spiro atoms. The molecule has 0 bridgehead atoms. The molecule has 0 unspecified atom stereocenters. The van der Waals surface area contributed by atoms with Crippen LogP contribution >= 0.6 is 0 Å². The van der Waals surface area contributed by atoms with E-state index >= 15 is 0 Å². The van der Waals surface area contributed by atoms with Crippen LogP contribution in [0.2, 0.25) is 0 Å². The van der Waals surface area contributed by atoms with Crippen LogP contribution in [0.25, 0.3) is 0 Å². The van der Waals surface area contributed by atoms with E-state index in [1.54, 1.807) is 37.6 Å². The lowest BCUT2D eigenvalue weighted by molar-refractivity contribution is 0.0942. The van der Waals surface area contributed by atoms with E-state index in [1.165, 1.54) is 0 Å². The van der Waals surface area contributed by atoms with E-state index in [4.69, 9.17) is 8.83 Å². The Morgan fingerprint density at radius 3 is 2.43 bits per heavy atom. The second-order valence-corrected chi connectivity index (χ2v) is 4.88. The predicted molar refractivity (Wildman–Crippen MR) is 82.7 cm³/mol. The van der Waals surface area contributed by atoms with Crippen molar-refractivity contribution in [2.75, 3.05) is 5.32 Å². The lowest BCUT2D eigenvalue weighted by atomic mass is 10.3. The number of nitrogens with one attached hydrogen (secondary N) is 2. The summed E-state index contributed by atoms with van der Waals surface area (Å²) in [6.45, 7) is 2.53. The van der Waals surface area contributed by atoms with E-state index in [0.29, 0.717) is 36.2 Å². The average Bonchev–Trinajstić information content (AvgIpc) is 3.23.